The van der Waals surface area contributed by atoms with Gasteiger partial charge in [-0.1, -0.05) is 37.1 Å². The number of carboxylic acids is 1. The maximum absolute atomic E-state index is 11.7. The Morgan fingerprint density at radius 3 is 2.49 bits per heavy atom. The van der Waals surface area contributed by atoms with E-state index in [0.29, 0.717) is 31.2 Å². The summed E-state index contributed by atoms with van der Waals surface area (Å²) in [5, 5.41) is 52.2. The molecule has 9 N–H and O–H groups in total. The smallest absolute Gasteiger partial charge is 0.306 e. The van der Waals surface area contributed by atoms with Crippen LogP contribution in [0, 0.1) is 11.8 Å². The largest absolute Gasteiger partial charge is 0.481 e. The second-order valence-corrected chi connectivity index (χ2v) is 14.6. The fourth-order valence-corrected chi connectivity index (χ4v) is 7.90. The van der Waals surface area contributed by atoms with E-state index in [1.54, 1.807) is 0 Å². The number of rotatable bonds is 6. The topological polar surface area (TPSA) is 160 Å². The number of aliphatic hydroxyl groups is 3. The average molecular weight is 603 g/mol. The lowest BCUT2D eigenvalue weighted by Gasteiger charge is -2.44. The number of fused-ring (bicyclic) bond motifs is 4. The van der Waals surface area contributed by atoms with Crippen LogP contribution >= 0.6 is 0 Å². The Morgan fingerprint density at radius 1 is 1.02 bits per heavy atom. The van der Waals surface area contributed by atoms with Crippen LogP contribution in [-0.4, -0.2) is 81.1 Å². The Kier molecular flexibility index (Phi) is 12.4. The first-order valence-corrected chi connectivity index (χ1v) is 16.8. The summed E-state index contributed by atoms with van der Waals surface area (Å²) in [7, 11) is 0. The van der Waals surface area contributed by atoms with Crippen LogP contribution in [0.25, 0.3) is 0 Å². The number of nitrogens with two attached hydrogens (primary N) is 1. The normalized spacial score (nSPS) is 38.5. The number of hydrogen-bond acceptors (Lipinski definition) is 8. The molecule has 2 fully saturated rings. The highest BCUT2D eigenvalue weighted by atomic mass is 16.4. The second-order valence-electron chi connectivity index (χ2n) is 14.6. The lowest BCUT2D eigenvalue weighted by molar-refractivity contribution is -0.143. The van der Waals surface area contributed by atoms with Crippen molar-refractivity contribution in [2.75, 3.05) is 13.2 Å². The minimum absolute atomic E-state index is 0.0257. The molecule has 3 aliphatic rings. The molecule has 0 amide bonds. The van der Waals surface area contributed by atoms with Crippen molar-refractivity contribution in [1.29, 1.82) is 0 Å². The van der Waals surface area contributed by atoms with Gasteiger partial charge < -0.3 is 36.8 Å². The lowest BCUT2D eigenvalue weighted by Crippen LogP contribution is -2.63. The van der Waals surface area contributed by atoms with Crippen LogP contribution in [-0.2, 0) is 17.6 Å². The Bertz CT molecular complexity index is 1030. The molecule has 0 radical (unpaired) electrons. The van der Waals surface area contributed by atoms with Gasteiger partial charge in [0, 0.05) is 36.8 Å². The van der Waals surface area contributed by atoms with E-state index in [1.807, 2.05) is 0 Å². The third-order valence-corrected chi connectivity index (χ3v) is 10.5. The number of hydrogen-bond donors (Lipinski definition) is 8. The summed E-state index contributed by atoms with van der Waals surface area (Å²) >= 11 is 0. The van der Waals surface area contributed by atoms with Crippen molar-refractivity contribution in [2.24, 2.45) is 17.6 Å². The summed E-state index contributed by atoms with van der Waals surface area (Å²) < 4.78 is 0. The molecular formula is C34H58N4O5. The third kappa shape index (κ3) is 10.8. The molecule has 3 aliphatic heterocycles. The van der Waals surface area contributed by atoms with Gasteiger partial charge in [0.15, 0.2) is 0 Å². The SMILES string of the molecule is C[C@@H]1N[C@H](CC[C@@H]2CCC[C@H](CO)CC[C@@](O)(CC(=O)O)CN[C@]3(C)C[C@H](Cc4cccc(c4)C2)N[C@@H](N)C3)CC[C@H]1O. The fourth-order valence-electron chi connectivity index (χ4n) is 7.90. The van der Waals surface area contributed by atoms with Gasteiger partial charge in [-0.25, -0.2) is 0 Å². The molecule has 4 rings (SSSR count). The molecule has 4 bridgehead atoms. The number of aliphatic hydroxyl groups excluding tert-OH is 2. The molecule has 0 aromatic heterocycles. The zero-order valence-corrected chi connectivity index (χ0v) is 26.4. The van der Waals surface area contributed by atoms with Crippen molar-refractivity contribution >= 4 is 5.97 Å². The van der Waals surface area contributed by atoms with Crippen LogP contribution in [0.5, 0.6) is 0 Å². The molecule has 43 heavy (non-hydrogen) atoms. The minimum atomic E-state index is -1.40. The maximum Gasteiger partial charge on any atom is 0.306 e. The fraction of sp³-hybridized carbons (Fsp3) is 0.794. The molecule has 0 unspecified atom stereocenters. The lowest BCUT2D eigenvalue weighted by atomic mass is 9.80. The van der Waals surface area contributed by atoms with Gasteiger partial charge in [-0.05, 0) is 107 Å². The highest BCUT2D eigenvalue weighted by Crippen LogP contribution is 2.31. The van der Waals surface area contributed by atoms with Crippen molar-refractivity contribution in [1.82, 2.24) is 16.0 Å². The van der Waals surface area contributed by atoms with Crippen LogP contribution in [0.3, 0.4) is 0 Å². The van der Waals surface area contributed by atoms with Gasteiger partial charge in [-0.2, -0.15) is 0 Å². The summed E-state index contributed by atoms with van der Waals surface area (Å²) in [5.41, 5.74) is 7.38. The van der Waals surface area contributed by atoms with Gasteiger partial charge in [0.25, 0.3) is 0 Å². The van der Waals surface area contributed by atoms with E-state index in [1.165, 1.54) is 11.1 Å². The van der Waals surface area contributed by atoms with Crippen LogP contribution in [0.4, 0.5) is 0 Å². The first-order chi connectivity index (χ1) is 20.4. The number of carboxylic acid groups (broad SMARTS) is 1. The quantitative estimate of drug-likeness (QED) is 0.245. The molecular weight excluding hydrogens is 544 g/mol. The Morgan fingerprint density at radius 2 is 1.77 bits per heavy atom. The summed E-state index contributed by atoms with van der Waals surface area (Å²) in [6, 6.07) is 9.68. The van der Waals surface area contributed by atoms with Crippen LogP contribution in [0.1, 0.15) is 102 Å². The summed E-state index contributed by atoms with van der Waals surface area (Å²) in [5.74, 6) is -0.482. The molecule has 0 spiro atoms. The van der Waals surface area contributed by atoms with Crippen LogP contribution < -0.4 is 21.7 Å². The van der Waals surface area contributed by atoms with E-state index in [2.05, 4.69) is 54.1 Å². The maximum atomic E-state index is 11.7. The van der Waals surface area contributed by atoms with Crippen molar-refractivity contribution in [3.63, 3.8) is 0 Å². The summed E-state index contributed by atoms with van der Waals surface area (Å²) in [6.07, 6.45) is 10.4. The van der Waals surface area contributed by atoms with Crippen molar-refractivity contribution in [3.8, 4) is 0 Å². The molecule has 0 saturated carbocycles. The predicted octanol–water partition coefficient (Wildman–Crippen LogP) is 2.83. The van der Waals surface area contributed by atoms with Gasteiger partial charge in [-0.15, -0.1) is 0 Å². The Hall–Kier alpha value is -1.59. The number of nitrogens with one attached hydrogen (secondary N) is 3. The van der Waals surface area contributed by atoms with Gasteiger partial charge in [-0.3, -0.25) is 10.1 Å². The van der Waals surface area contributed by atoms with Crippen LogP contribution in [0.2, 0.25) is 0 Å². The Balaban J connectivity index is 1.53. The molecule has 3 heterocycles. The molecule has 9 heteroatoms. The standard InChI is InChI=1S/C34H58N4O5/c1-23-30(40)12-11-28(37-23)10-9-24-5-3-6-25(21-39)13-14-34(43,20-32(41)42)22-36-33(2)18-29(38-31(35)19-33)17-27-8-4-7-26(15-24)16-27/h4,7-8,16,23-25,28-31,36-40,43H,3,5-6,9-15,17-22,35H2,1-2H3,(H,41,42)/t23-,24-,25-,28+,29-,30+,31+,33+,34+/m0/s1. The predicted molar refractivity (Wildman–Crippen MR) is 170 cm³/mol. The van der Waals surface area contributed by atoms with Crippen LogP contribution in [0.15, 0.2) is 24.3 Å². The zero-order chi connectivity index (χ0) is 31.0. The van der Waals surface area contributed by atoms with E-state index in [0.717, 1.165) is 64.2 Å². The molecule has 0 aliphatic carbocycles. The van der Waals surface area contributed by atoms with Crippen molar-refractivity contribution < 1.29 is 25.2 Å². The second kappa shape index (κ2) is 15.6. The van der Waals surface area contributed by atoms with E-state index in [4.69, 9.17) is 5.73 Å². The average Bonchev–Trinajstić information content (AvgIpc) is 2.93. The molecule has 244 valence electrons. The summed E-state index contributed by atoms with van der Waals surface area (Å²) in [6.45, 7) is 4.41. The van der Waals surface area contributed by atoms with Crippen molar-refractivity contribution in [3.05, 3.63) is 35.4 Å². The number of benzene rings is 1. The zero-order valence-electron chi connectivity index (χ0n) is 26.4. The van der Waals surface area contributed by atoms with Gasteiger partial charge in [0.2, 0.25) is 0 Å². The van der Waals surface area contributed by atoms with Crippen molar-refractivity contribution in [2.45, 2.75) is 145 Å². The minimum Gasteiger partial charge on any atom is -0.481 e. The van der Waals surface area contributed by atoms with Gasteiger partial charge in [0.05, 0.1) is 24.3 Å². The van der Waals surface area contributed by atoms with E-state index in [-0.39, 0.29) is 55.4 Å². The highest BCUT2D eigenvalue weighted by molar-refractivity contribution is 5.68. The molecule has 1 aromatic rings. The third-order valence-electron chi connectivity index (χ3n) is 10.5. The summed E-state index contributed by atoms with van der Waals surface area (Å²) in [4.78, 5) is 11.7. The van der Waals surface area contributed by atoms with E-state index in [9.17, 15) is 25.2 Å². The number of β-amino-alcohol motifs (C(OH)–C–C–N with tert-alkyl or cyclic N) is 1. The first kappa shape index (κ1) is 34.3. The van der Waals surface area contributed by atoms with Gasteiger partial charge >= 0.3 is 5.97 Å². The highest BCUT2D eigenvalue weighted by Gasteiger charge is 2.39. The van der Waals surface area contributed by atoms with E-state index < -0.39 is 11.6 Å². The molecule has 1 aromatic carbocycles. The number of aliphatic carboxylic acids is 1. The molecule has 9 atom stereocenters. The van der Waals surface area contributed by atoms with Gasteiger partial charge in [0.1, 0.15) is 0 Å². The molecule has 2 saturated heterocycles. The monoisotopic (exact) mass is 602 g/mol. The number of carbonyl (C=O) groups is 1. The van der Waals surface area contributed by atoms with E-state index >= 15 is 0 Å². The number of piperidine rings is 2. The Labute approximate surface area is 258 Å². The molecule has 9 nitrogen and oxygen atoms in total. The first-order valence-electron chi connectivity index (χ1n) is 16.8.